The molecule has 9 nitrogen and oxygen atoms in total. The maximum absolute atomic E-state index is 11.3. The Bertz CT molecular complexity index is 1920. The van der Waals surface area contributed by atoms with E-state index in [4.69, 9.17) is 21.4 Å². The van der Waals surface area contributed by atoms with Crippen LogP contribution in [0.2, 0.25) is 5.02 Å². The summed E-state index contributed by atoms with van der Waals surface area (Å²) >= 11 is 7.12. The highest BCUT2D eigenvalue weighted by atomic mass is 35.5. The van der Waals surface area contributed by atoms with Gasteiger partial charge in [-0.2, -0.15) is 5.10 Å². The summed E-state index contributed by atoms with van der Waals surface area (Å²) in [6.45, 7) is 5.98. The molecule has 1 saturated heterocycles. The third-order valence-corrected chi connectivity index (χ3v) is 9.27. The lowest BCUT2D eigenvalue weighted by molar-refractivity contribution is -0.140. The summed E-state index contributed by atoms with van der Waals surface area (Å²) in [5.74, 6) is -0.483. The lowest BCUT2D eigenvalue weighted by Gasteiger charge is -2.15. The van der Waals surface area contributed by atoms with E-state index in [-0.39, 0.29) is 6.54 Å². The topological polar surface area (TPSA) is 121 Å². The molecule has 0 saturated carbocycles. The third kappa shape index (κ3) is 7.40. The number of carboxylic acid groups (broad SMARTS) is 1. The second kappa shape index (κ2) is 15.0. The number of ether oxygens (including phenoxy) is 1. The van der Waals surface area contributed by atoms with Gasteiger partial charge in [0.05, 0.1) is 37.0 Å². The zero-order chi connectivity index (χ0) is 33.6. The molecule has 0 aliphatic carbocycles. The van der Waals surface area contributed by atoms with Crippen LogP contribution in [0.15, 0.2) is 97.3 Å². The number of carboxylic acids is 1. The van der Waals surface area contributed by atoms with Crippen LogP contribution in [0.1, 0.15) is 29.5 Å². The van der Waals surface area contributed by atoms with E-state index < -0.39 is 18.6 Å². The van der Waals surface area contributed by atoms with Gasteiger partial charge in [0.25, 0.3) is 0 Å². The fourth-order valence-corrected chi connectivity index (χ4v) is 6.56. The van der Waals surface area contributed by atoms with Crippen LogP contribution in [-0.4, -0.2) is 58.3 Å². The second-order valence-electron chi connectivity index (χ2n) is 12.1. The first kappa shape index (κ1) is 33.2. The molecule has 1 aliphatic rings. The Balaban J connectivity index is 1.18. The average Bonchev–Trinajstić information content (AvgIpc) is 3.71. The Labute approximate surface area is 285 Å². The maximum atomic E-state index is 11.3. The number of aliphatic hydroxyl groups is 1. The van der Waals surface area contributed by atoms with Gasteiger partial charge in [0, 0.05) is 53.4 Å². The molecule has 6 rings (SSSR count). The molecule has 1 aliphatic heterocycles. The Morgan fingerprint density at radius 3 is 2.54 bits per heavy atom. The number of hydrogen-bond donors (Lipinski definition) is 5. The Morgan fingerprint density at radius 2 is 1.81 bits per heavy atom. The summed E-state index contributed by atoms with van der Waals surface area (Å²) in [6, 6.07) is 26.0. The monoisotopic (exact) mass is 665 g/mol. The average molecular weight is 666 g/mol. The van der Waals surface area contributed by atoms with E-state index in [1.807, 2.05) is 53.3 Å². The van der Waals surface area contributed by atoms with Gasteiger partial charge in [-0.25, -0.2) is 0 Å². The highest BCUT2D eigenvalue weighted by molar-refractivity contribution is 6.36. The minimum Gasteiger partial charge on any atom is -0.496 e. The standard InChI is InChI=1S/C38H40ClN5O4/c1-24-9-16-29(43-24)20-40-18-25-10-13-27(14-11-25)30-5-3-7-32(37(30)39)31-6-4-8-35-33(31)21-42-44(35)22-26-12-15-28(36(17-26)48-2)19-41-34(23-45)38(46)47/h3-8,10-15,17,21,29,34,40-41,43,45H,1,9,16,18-20,22-23H2,2H3,(H,46,47). The smallest absolute Gasteiger partial charge is 0.323 e. The van der Waals surface area contributed by atoms with Gasteiger partial charge in [0.1, 0.15) is 11.8 Å². The molecule has 0 radical (unpaired) electrons. The lowest BCUT2D eigenvalue weighted by atomic mass is 9.96. The predicted molar refractivity (Wildman–Crippen MR) is 190 cm³/mol. The van der Waals surface area contributed by atoms with Gasteiger partial charge in [-0.1, -0.05) is 84.9 Å². The van der Waals surface area contributed by atoms with Crippen LogP contribution in [0.5, 0.6) is 5.75 Å². The molecular formula is C38H40ClN5O4. The van der Waals surface area contributed by atoms with Crippen molar-refractivity contribution in [3.05, 3.63) is 119 Å². The third-order valence-electron chi connectivity index (χ3n) is 8.87. The molecule has 248 valence electrons. The molecule has 0 amide bonds. The number of methoxy groups -OCH3 is 1. The van der Waals surface area contributed by atoms with E-state index in [9.17, 15) is 15.0 Å². The van der Waals surface area contributed by atoms with Crippen molar-refractivity contribution in [3.63, 3.8) is 0 Å². The Kier molecular flexibility index (Phi) is 10.4. The number of carbonyl (C=O) groups is 1. The number of allylic oxidation sites excluding steroid dienone is 1. The second-order valence-corrected chi connectivity index (χ2v) is 12.5. The SMILES string of the molecule is C=C1CCC(CNCc2ccc(-c3cccc(-c4cccc5c4cnn5Cc4ccc(CNC(CO)C(=O)O)c(OC)c4)c3Cl)cc2)N1. The number of rotatable bonds is 14. The van der Waals surface area contributed by atoms with Crippen molar-refractivity contribution in [1.82, 2.24) is 25.7 Å². The molecular weight excluding hydrogens is 626 g/mol. The van der Waals surface area contributed by atoms with Crippen LogP contribution < -0.4 is 20.7 Å². The summed E-state index contributed by atoms with van der Waals surface area (Å²) in [5.41, 5.74) is 9.07. The molecule has 2 heterocycles. The first-order chi connectivity index (χ1) is 23.3. The molecule has 2 atom stereocenters. The number of nitrogens with zero attached hydrogens (tertiary/aromatic N) is 2. The van der Waals surface area contributed by atoms with Crippen molar-refractivity contribution in [2.24, 2.45) is 0 Å². The Morgan fingerprint density at radius 1 is 1.06 bits per heavy atom. The molecule has 0 bridgehead atoms. The molecule has 4 aromatic carbocycles. The number of fused-ring (bicyclic) bond motifs is 1. The minimum absolute atomic E-state index is 0.242. The van der Waals surface area contributed by atoms with Crippen LogP contribution in [0.3, 0.4) is 0 Å². The molecule has 5 N–H and O–H groups in total. The van der Waals surface area contributed by atoms with Gasteiger partial charge in [-0.15, -0.1) is 0 Å². The van der Waals surface area contributed by atoms with E-state index in [0.717, 1.165) is 75.9 Å². The summed E-state index contributed by atoms with van der Waals surface area (Å²) in [7, 11) is 1.58. The number of aliphatic hydroxyl groups excluding tert-OH is 1. The molecule has 10 heteroatoms. The predicted octanol–water partition coefficient (Wildman–Crippen LogP) is 5.97. The van der Waals surface area contributed by atoms with Gasteiger partial charge in [-0.3, -0.25) is 14.8 Å². The summed E-state index contributed by atoms with van der Waals surface area (Å²) < 4.78 is 7.55. The highest BCUT2D eigenvalue weighted by Crippen LogP contribution is 2.39. The lowest BCUT2D eigenvalue weighted by Crippen LogP contribution is -2.39. The normalized spacial score (nSPS) is 15.1. The van der Waals surface area contributed by atoms with Crippen molar-refractivity contribution in [2.75, 3.05) is 20.3 Å². The molecule has 1 fully saturated rings. The maximum Gasteiger partial charge on any atom is 0.323 e. The minimum atomic E-state index is -1.11. The van der Waals surface area contributed by atoms with Gasteiger partial charge < -0.3 is 25.6 Å². The van der Waals surface area contributed by atoms with Crippen molar-refractivity contribution in [2.45, 2.75) is 44.6 Å². The van der Waals surface area contributed by atoms with Crippen molar-refractivity contribution < 1.29 is 19.7 Å². The fourth-order valence-electron chi connectivity index (χ4n) is 6.22. The van der Waals surface area contributed by atoms with E-state index >= 15 is 0 Å². The Hall–Kier alpha value is -4.67. The van der Waals surface area contributed by atoms with Crippen LogP contribution in [0.4, 0.5) is 0 Å². The fraction of sp³-hybridized carbons (Fsp3) is 0.263. The number of halogens is 1. The summed E-state index contributed by atoms with van der Waals surface area (Å²) in [5, 5.41) is 34.8. The number of benzene rings is 4. The van der Waals surface area contributed by atoms with Gasteiger partial charge in [0.15, 0.2) is 0 Å². The van der Waals surface area contributed by atoms with Crippen LogP contribution in [0.25, 0.3) is 33.2 Å². The molecule has 0 spiro atoms. The quantitative estimate of drug-likeness (QED) is 0.0984. The van der Waals surface area contributed by atoms with Crippen molar-refractivity contribution in [3.8, 4) is 28.0 Å². The van der Waals surface area contributed by atoms with Gasteiger partial charge in [-0.05, 0) is 47.2 Å². The number of hydrogen-bond acceptors (Lipinski definition) is 7. The first-order valence-corrected chi connectivity index (χ1v) is 16.4. The van der Waals surface area contributed by atoms with E-state index in [1.54, 1.807) is 7.11 Å². The van der Waals surface area contributed by atoms with E-state index in [2.05, 4.69) is 58.9 Å². The molecule has 1 aromatic heterocycles. The van der Waals surface area contributed by atoms with E-state index in [0.29, 0.717) is 23.4 Å². The van der Waals surface area contributed by atoms with Crippen molar-refractivity contribution in [1.29, 1.82) is 0 Å². The number of aliphatic carboxylic acids is 1. The van der Waals surface area contributed by atoms with E-state index in [1.165, 1.54) is 5.56 Å². The largest absolute Gasteiger partial charge is 0.496 e. The van der Waals surface area contributed by atoms with Crippen molar-refractivity contribution >= 4 is 28.5 Å². The van der Waals surface area contributed by atoms with Gasteiger partial charge in [0.2, 0.25) is 0 Å². The van der Waals surface area contributed by atoms with Gasteiger partial charge >= 0.3 is 5.97 Å². The molecule has 5 aromatic rings. The zero-order valence-electron chi connectivity index (χ0n) is 26.9. The van der Waals surface area contributed by atoms with Crippen LogP contribution in [-0.2, 0) is 24.4 Å². The van der Waals surface area contributed by atoms with Crippen LogP contribution in [0, 0.1) is 0 Å². The summed E-state index contributed by atoms with van der Waals surface area (Å²) in [4.78, 5) is 11.3. The van der Waals surface area contributed by atoms with Crippen LogP contribution >= 0.6 is 11.6 Å². The first-order valence-electron chi connectivity index (χ1n) is 16.0. The zero-order valence-corrected chi connectivity index (χ0v) is 27.6. The molecule has 48 heavy (non-hydrogen) atoms. The summed E-state index contributed by atoms with van der Waals surface area (Å²) in [6.07, 6.45) is 4.05. The highest BCUT2D eigenvalue weighted by Gasteiger charge is 2.18. The number of aromatic nitrogens is 2. The molecule has 2 unspecified atom stereocenters. The number of nitrogens with one attached hydrogen (secondary N) is 3.